The summed E-state index contributed by atoms with van der Waals surface area (Å²) < 4.78 is 0. The summed E-state index contributed by atoms with van der Waals surface area (Å²) in [6, 6.07) is 15.4. The molecule has 0 radical (unpaired) electrons. The molecule has 2 aromatic rings. The molecule has 154 valence electrons. The Hall–Kier alpha value is -1.81. The van der Waals surface area contributed by atoms with Gasteiger partial charge in [-0.05, 0) is 71.7 Å². The average molecular weight is 432 g/mol. The summed E-state index contributed by atoms with van der Waals surface area (Å²) in [6.45, 7) is 3.95. The molecule has 2 aromatic carbocycles. The Morgan fingerprint density at radius 1 is 1.00 bits per heavy atom. The zero-order valence-electron chi connectivity index (χ0n) is 16.8. The van der Waals surface area contributed by atoms with E-state index in [0.717, 1.165) is 24.0 Å². The molecule has 3 nitrogen and oxygen atoms in total. The van der Waals surface area contributed by atoms with Crippen molar-refractivity contribution in [3.8, 4) is 0 Å². The third-order valence-electron chi connectivity index (χ3n) is 5.64. The summed E-state index contributed by atoms with van der Waals surface area (Å²) in [4.78, 5) is 12.9. The Bertz CT molecular complexity index is 873. The molecule has 3 rings (SSSR count). The summed E-state index contributed by atoms with van der Waals surface area (Å²) >= 11 is 12.2. The van der Waals surface area contributed by atoms with Crippen molar-refractivity contribution in [2.24, 2.45) is 11.8 Å². The van der Waals surface area contributed by atoms with Crippen molar-refractivity contribution in [3.63, 3.8) is 0 Å². The number of benzene rings is 2. The lowest BCUT2D eigenvalue weighted by Crippen LogP contribution is -2.44. The lowest BCUT2D eigenvalue weighted by Gasteiger charge is -2.29. The number of halogens is 2. The van der Waals surface area contributed by atoms with Gasteiger partial charge in [-0.15, -0.1) is 0 Å². The molecule has 0 saturated carbocycles. The number of rotatable bonds is 6. The summed E-state index contributed by atoms with van der Waals surface area (Å²) in [5, 5.41) is 14.0. The number of hydrogen-bond donors (Lipinski definition) is 2. The van der Waals surface area contributed by atoms with Crippen LogP contribution in [0.15, 0.2) is 48.5 Å². The number of nitrogens with one attached hydrogen (secondary N) is 1. The number of carbonyl (C=O) groups excluding carboxylic acids is 1. The number of amides is 1. The van der Waals surface area contributed by atoms with Gasteiger partial charge in [-0.1, -0.05) is 61.3 Å². The van der Waals surface area contributed by atoms with Crippen LogP contribution >= 0.6 is 23.2 Å². The minimum Gasteiger partial charge on any atom is -0.394 e. The van der Waals surface area contributed by atoms with Crippen LogP contribution in [0.3, 0.4) is 0 Å². The van der Waals surface area contributed by atoms with Gasteiger partial charge in [0.25, 0.3) is 0 Å². The van der Waals surface area contributed by atoms with Crippen molar-refractivity contribution in [1.29, 1.82) is 0 Å². The predicted molar refractivity (Wildman–Crippen MR) is 121 cm³/mol. The molecular weight excluding hydrogens is 405 g/mol. The Labute approximate surface area is 182 Å². The van der Waals surface area contributed by atoms with Crippen LogP contribution in [0, 0.1) is 11.8 Å². The Morgan fingerprint density at radius 2 is 1.52 bits per heavy atom. The van der Waals surface area contributed by atoms with Crippen LogP contribution in [0.1, 0.15) is 44.2 Å². The fourth-order valence-electron chi connectivity index (χ4n) is 3.80. The average Bonchev–Trinajstić information content (AvgIpc) is 2.72. The van der Waals surface area contributed by atoms with Crippen LogP contribution in [-0.4, -0.2) is 23.7 Å². The molecule has 1 unspecified atom stereocenters. The number of aliphatic hydroxyl groups excluding tert-OH is 1. The van der Waals surface area contributed by atoms with Crippen LogP contribution < -0.4 is 5.32 Å². The monoisotopic (exact) mass is 431 g/mol. The van der Waals surface area contributed by atoms with Crippen LogP contribution in [0.2, 0.25) is 10.0 Å². The lowest BCUT2D eigenvalue weighted by molar-refractivity contribution is -0.126. The molecule has 2 N–H and O–H groups in total. The van der Waals surface area contributed by atoms with Crippen molar-refractivity contribution in [2.45, 2.75) is 39.2 Å². The minimum atomic E-state index is -0.219. The topological polar surface area (TPSA) is 49.3 Å². The van der Waals surface area contributed by atoms with Gasteiger partial charge in [-0.25, -0.2) is 0 Å². The number of hydrogen-bond acceptors (Lipinski definition) is 2. The van der Waals surface area contributed by atoms with Crippen molar-refractivity contribution in [3.05, 3.63) is 69.7 Å². The molecule has 0 saturated heterocycles. The number of carbonyl (C=O) groups is 1. The second-order valence-electron chi connectivity index (χ2n) is 7.95. The first-order chi connectivity index (χ1) is 13.9. The maximum absolute atomic E-state index is 12.9. The van der Waals surface area contributed by atoms with Crippen molar-refractivity contribution in [2.75, 3.05) is 6.61 Å². The number of allylic oxidation sites excluding steroid dienone is 2. The second-order valence-corrected chi connectivity index (χ2v) is 8.83. The first kappa shape index (κ1) is 21.9. The molecule has 0 spiro atoms. The van der Waals surface area contributed by atoms with E-state index in [9.17, 15) is 9.90 Å². The van der Waals surface area contributed by atoms with Gasteiger partial charge in [0.15, 0.2) is 0 Å². The highest BCUT2D eigenvalue weighted by atomic mass is 35.5. The Morgan fingerprint density at radius 3 is 2.00 bits per heavy atom. The molecule has 1 amide bonds. The molecular formula is C24H27Cl2NO2. The van der Waals surface area contributed by atoms with Gasteiger partial charge < -0.3 is 10.4 Å². The maximum atomic E-state index is 12.9. The van der Waals surface area contributed by atoms with Crippen LogP contribution in [0.4, 0.5) is 0 Å². The van der Waals surface area contributed by atoms with E-state index in [1.165, 1.54) is 11.1 Å². The third-order valence-corrected chi connectivity index (χ3v) is 6.15. The summed E-state index contributed by atoms with van der Waals surface area (Å²) in [5.41, 5.74) is 4.63. The molecule has 29 heavy (non-hydrogen) atoms. The van der Waals surface area contributed by atoms with E-state index in [1.54, 1.807) is 0 Å². The van der Waals surface area contributed by atoms with E-state index in [-0.39, 0.29) is 30.4 Å². The zero-order chi connectivity index (χ0) is 21.0. The van der Waals surface area contributed by atoms with Gasteiger partial charge in [0.2, 0.25) is 5.91 Å². The highest BCUT2D eigenvalue weighted by molar-refractivity contribution is 6.31. The summed E-state index contributed by atoms with van der Waals surface area (Å²) in [5.74, 6) is 0.0762. The molecule has 0 aliphatic heterocycles. The number of aliphatic hydroxyl groups is 1. The van der Waals surface area contributed by atoms with E-state index in [4.69, 9.17) is 23.2 Å². The Balaban J connectivity index is 1.92. The normalized spacial score (nSPS) is 18.1. The second kappa shape index (κ2) is 9.80. The van der Waals surface area contributed by atoms with Crippen molar-refractivity contribution >= 4 is 40.3 Å². The van der Waals surface area contributed by atoms with Gasteiger partial charge >= 0.3 is 0 Å². The molecule has 0 fully saturated rings. The molecule has 1 aliphatic rings. The predicted octanol–water partition coefficient (Wildman–Crippen LogP) is 5.84. The molecule has 0 aromatic heterocycles. The van der Waals surface area contributed by atoms with E-state index >= 15 is 0 Å². The molecule has 1 aliphatic carbocycles. The highest BCUT2D eigenvalue weighted by Crippen LogP contribution is 2.41. The van der Waals surface area contributed by atoms with Crippen LogP contribution in [0.25, 0.3) is 11.1 Å². The smallest absolute Gasteiger partial charge is 0.223 e. The lowest BCUT2D eigenvalue weighted by atomic mass is 9.78. The molecule has 0 heterocycles. The molecule has 5 heteroatoms. The molecule has 0 bridgehead atoms. The SMILES string of the molecule is CC(C)[C@H](CO)NC(=O)C1CCC(c2ccc(Cl)cc2)=C(c2ccc(Cl)cc2)C1. The zero-order valence-corrected chi connectivity index (χ0v) is 18.3. The quantitative estimate of drug-likeness (QED) is 0.603. The first-order valence-corrected chi connectivity index (χ1v) is 10.8. The summed E-state index contributed by atoms with van der Waals surface area (Å²) in [7, 11) is 0. The fraction of sp³-hybridized carbons (Fsp3) is 0.375. The third kappa shape index (κ3) is 5.42. The van der Waals surface area contributed by atoms with Gasteiger partial charge in [-0.3, -0.25) is 4.79 Å². The van der Waals surface area contributed by atoms with E-state index in [2.05, 4.69) is 5.32 Å². The fourth-order valence-corrected chi connectivity index (χ4v) is 4.05. The minimum absolute atomic E-state index is 0.0133. The Kier molecular flexibility index (Phi) is 7.39. The first-order valence-electron chi connectivity index (χ1n) is 10.0. The summed E-state index contributed by atoms with van der Waals surface area (Å²) in [6.07, 6.45) is 2.24. The molecule has 2 atom stereocenters. The maximum Gasteiger partial charge on any atom is 0.223 e. The van der Waals surface area contributed by atoms with Crippen LogP contribution in [-0.2, 0) is 4.79 Å². The van der Waals surface area contributed by atoms with Crippen molar-refractivity contribution in [1.82, 2.24) is 5.32 Å². The largest absolute Gasteiger partial charge is 0.394 e. The van der Waals surface area contributed by atoms with Gasteiger partial charge in [0.1, 0.15) is 0 Å². The standard InChI is InChI=1S/C24H27Cl2NO2/c1-15(2)23(14-28)27-24(29)18-7-12-21(16-3-8-19(25)9-4-16)22(13-18)17-5-10-20(26)11-6-17/h3-6,8-11,15,18,23,28H,7,12-14H2,1-2H3,(H,27,29)/t18?,23-/m0/s1. The van der Waals surface area contributed by atoms with Gasteiger partial charge in [-0.2, -0.15) is 0 Å². The van der Waals surface area contributed by atoms with E-state index < -0.39 is 0 Å². The van der Waals surface area contributed by atoms with E-state index in [1.807, 2.05) is 62.4 Å². The highest BCUT2D eigenvalue weighted by Gasteiger charge is 2.29. The van der Waals surface area contributed by atoms with Crippen molar-refractivity contribution < 1.29 is 9.90 Å². The van der Waals surface area contributed by atoms with Gasteiger partial charge in [0, 0.05) is 16.0 Å². The van der Waals surface area contributed by atoms with Crippen LogP contribution in [0.5, 0.6) is 0 Å². The van der Waals surface area contributed by atoms with Gasteiger partial charge in [0.05, 0.1) is 12.6 Å². The van der Waals surface area contributed by atoms with E-state index in [0.29, 0.717) is 16.5 Å².